The Kier molecular flexibility index (Phi) is 4.13. The van der Waals surface area contributed by atoms with Gasteiger partial charge in [0.15, 0.2) is 5.13 Å². The quantitative estimate of drug-likeness (QED) is 0.660. The summed E-state index contributed by atoms with van der Waals surface area (Å²) in [5.74, 6) is -0.369. The van der Waals surface area contributed by atoms with E-state index in [1.807, 2.05) is 19.2 Å². The first kappa shape index (κ1) is 14.9. The van der Waals surface area contributed by atoms with Crippen molar-refractivity contribution in [1.82, 2.24) is 9.97 Å². The minimum atomic E-state index is -0.678. The molecule has 2 rings (SSSR count). The number of aromatic nitrogens is 2. The third-order valence-electron chi connectivity index (χ3n) is 2.68. The summed E-state index contributed by atoms with van der Waals surface area (Å²) < 4.78 is 0. The predicted octanol–water partition coefficient (Wildman–Crippen LogP) is 2.40. The number of hydrogen-bond donors (Lipinski definition) is 2. The summed E-state index contributed by atoms with van der Waals surface area (Å²) >= 11 is 1.26. The second-order valence-electron chi connectivity index (χ2n) is 4.57. The van der Waals surface area contributed by atoms with Crippen LogP contribution in [0, 0.1) is 10.1 Å². The summed E-state index contributed by atoms with van der Waals surface area (Å²) in [5, 5.41) is 15.7. The summed E-state index contributed by atoms with van der Waals surface area (Å²) in [6.45, 7) is 3.96. The molecule has 0 aliphatic carbocycles. The Morgan fingerprint density at radius 2 is 2.24 bits per heavy atom. The molecular formula is C12H13N5O3S. The predicted molar refractivity (Wildman–Crippen MR) is 79.5 cm³/mol. The molecule has 110 valence electrons. The Balaban J connectivity index is 2.27. The second-order valence-corrected chi connectivity index (χ2v) is 5.43. The van der Waals surface area contributed by atoms with Crippen molar-refractivity contribution in [3.05, 3.63) is 39.0 Å². The van der Waals surface area contributed by atoms with Crippen molar-refractivity contribution in [3.63, 3.8) is 0 Å². The average Bonchev–Trinajstić information content (AvgIpc) is 2.86. The highest BCUT2D eigenvalue weighted by atomic mass is 32.1. The third-order valence-corrected chi connectivity index (χ3v) is 3.46. The van der Waals surface area contributed by atoms with Gasteiger partial charge in [0, 0.05) is 5.38 Å². The maximum absolute atomic E-state index is 12.1. The number of hydrogen-bond acceptors (Lipinski definition) is 7. The van der Waals surface area contributed by atoms with Crippen molar-refractivity contribution in [3.8, 4) is 0 Å². The average molecular weight is 307 g/mol. The van der Waals surface area contributed by atoms with Gasteiger partial charge in [-0.25, -0.2) is 9.97 Å². The number of nitro groups is 1. The van der Waals surface area contributed by atoms with Gasteiger partial charge >= 0.3 is 0 Å². The van der Waals surface area contributed by atoms with Gasteiger partial charge in [0.2, 0.25) is 0 Å². The van der Waals surface area contributed by atoms with Gasteiger partial charge in [-0.05, 0) is 12.0 Å². The van der Waals surface area contributed by atoms with Gasteiger partial charge in [-0.1, -0.05) is 13.8 Å². The molecule has 2 aromatic heterocycles. The van der Waals surface area contributed by atoms with Crippen molar-refractivity contribution in [2.45, 2.75) is 19.8 Å². The molecule has 8 nitrogen and oxygen atoms in total. The van der Waals surface area contributed by atoms with Gasteiger partial charge in [0.05, 0.1) is 10.6 Å². The highest BCUT2D eigenvalue weighted by molar-refractivity contribution is 7.14. The second kappa shape index (κ2) is 5.83. The molecule has 21 heavy (non-hydrogen) atoms. The number of nitrogen functional groups attached to an aromatic ring is 1. The van der Waals surface area contributed by atoms with Crippen LogP contribution in [-0.4, -0.2) is 20.8 Å². The van der Waals surface area contributed by atoms with E-state index in [-0.39, 0.29) is 17.3 Å². The Morgan fingerprint density at radius 1 is 1.52 bits per heavy atom. The van der Waals surface area contributed by atoms with E-state index in [1.54, 1.807) is 0 Å². The summed E-state index contributed by atoms with van der Waals surface area (Å²) in [6.07, 6.45) is 0.964. The molecule has 0 atom stereocenters. The first-order chi connectivity index (χ1) is 9.88. The molecule has 9 heteroatoms. The minimum absolute atomic E-state index is 0.0350. The summed E-state index contributed by atoms with van der Waals surface area (Å²) in [4.78, 5) is 30.2. The maximum atomic E-state index is 12.1. The smallest absolute Gasteiger partial charge is 0.300 e. The van der Waals surface area contributed by atoms with Crippen LogP contribution in [0.1, 0.15) is 35.8 Å². The van der Waals surface area contributed by atoms with Crippen LogP contribution in [0.3, 0.4) is 0 Å². The van der Waals surface area contributed by atoms with E-state index in [0.717, 1.165) is 11.9 Å². The molecule has 0 radical (unpaired) electrons. The summed E-state index contributed by atoms with van der Waals surface area (Å²) in [5.41, 5.74) is 5.78. The number of nitrogens with zero attached hydrogens (tertiary/aromatic N) is 3. The first-order valence-corrected chi connectivity index (χ1v) is 6.93. The minimum Gasteiger partial charge on any atom is -0.384 e. The number of carbonyl (C=O) groups excluding carboxylic acids is 1. The van der Waals surface area contributed by atoms with Gasteiger partial charge < -0.3 is 5.73 Å². The number of carbonyl (C=O) groups is 1. The van der Waals surface area contributed by atoms with Crippen LogP contribution in [0.5, 0.6) is 0 Å². The van der Waals surface area contributed by atoms with Crippen LogP contribution in [0.15, 0.2) is 17.6 Å². The van der Waals surface area contributed by atoms with Crippen LogP contribution >= 0.6 is 11.3 Å². The molecule has 0 aromatic carbocycles. The van der Waals surface area contributed by atoms with E-state index in [9.17, 15) is 14.9 Å². The van der Waals surface area contributed by atoms with Crippen molar-refractivity contribution in [2.24, 2.45) is 0 Å². The van der Waals surface area contributed by atoms with E-state index >= 15 is 0 Å². The lowest BCUT2D eigenvalue weighted by Gasteiger charge is -2.04. The van der Waals surface area contributed by atoms with E-state index in [0.29, 0.717) is 5.13 Å². The zero-order valence-corrected chi connectivity index (χ0v) is 12.2. The fourth-order valence-corrected chi connectivity index (χ4v) is 2.43. The standard InChI is InChI=1S/C12H13N5O3S/c1-6(2)8-5-21-12(15-8)16-11(18)7-3-10(13)14-4-9(7)17(19)20/h3-6H,1-2H3,(H2,13,14)(H,15,16,18). The molecule has 2 aromatic rings. The SMILES string of the molecule is CC(C)c1csc(NC(=O)c2cc(N)ncc2[N+](=O)[O-])n1. The molecule has 0 spiro atoms. The fourth-order valence-electron chi connectivity index (χ4n) is 1.56. The van der Waals surface area contributed by atoms with Crippen molar-refractivity contribution in [2.75, 3.05) is 11.1 Å². The Bertz CT molecular complexity index is 698. The highest BCUT2D eigenvalue weighted by Crippen LogP contribution is 2.24. The molecule has 3 N–H and O–H groups in total. The van der Waals surface area contributed by atoms with Gasteiger partial charge in [-0.3, -0.25) is 20.2 Å². The molecule has 0 saturated carbocycles. The molecule has 0 aliphatic rings. The monoisotopic (exact) mass is 307 g/mol. The van der Waals surface area contributed by atoms with Crippen molar-refractivity contribution in [1.29, 1.82) is 0 Å². The molecule has 0 fully saturated rings. The van der Waals surface area contributed by atoms with Crippen LogP contribution in [-0.2, 0) is 0 Å². The van der Waals surface area contributed by atoms with Crippen LogP contribution < -0.4 is 11.1 Å². The number of nitrogens with one attached hydrogen (secondary N) is 1. The number of nitrogens with two attached hydrogens (primary N) is 1. The molecule has 0 saturated heterocycles. The molecule has 0 aliphatic heterocycles. The lowest BCUT2D eigenvalue weighted by Crippen LogP contribution is -2.15. The largest absolute Gasteiger partial charge is 0.384 e. The normalized spacial score (nSPS) is 10.6. The Hall–Kier alpha value is -2.55. The van der Waals surface area contributed by atoms with Crippen molar-refractivity contribution >= 4 is 33.9 Å². The van der Waals surface area contributed by atoms with Gasteiger partial charge in [-0.15, -0.1) is 11.3 Å². The first-order valence-electron chi connectivity index (χ1n) is 6.05. The molecule has 0 unspecified atom stereocenters. The van der Waals surface area contributed by atoms with E-state index in [4.69, 9.17) is 5.73 Å². The van der Waals surface area contributed by atoms with Gasteiger partial charge in [0.25, 0.3) is 11.6 Å². The van der Waals surface area contributed by atoms with E-state index in [2.05, 4.69) is 15.3 Å². The number of amides is 1. The lowest BCUT2D eigenvalue weighted by molar-refractivity contribution is -0.385. The van der Waals surface area contributed by atoms with Crippen LogP contribution in [0.2, 0.25) is 0 Å². The molecule has 2 heterocycles. The molecule has 0 bridgehead atoms. The summed E-state index contributed by atoms with van der Waals surface area (Å²) in [6, 6.07) is 1.17. The molecule has 1 amide bonds. The number of rotatable bonds is 4. The van der Waals surface area contributed by atoms with Crippen LogP contribution in [0.4, 0.5) is 16.6 Å². The van der Waals surface area contributed by atoms with E-state index < -0.39 is 16.5 Å². The fraction of sp³-hybridized carbons (Fsp3) is 0.250. The Labute approximate surface area is 124 Å². The number of pyridine rings is 1. The van der Waals surface area contributed by atoms with Gasteiger partial charge in [-0.2, -0.15) is 0 Å². The Morgan fingerprint density at radius 3 is 2.81 bits per heavy atom. The zero-order valence-electron chi connectivity index (χ0n) is 11.4. The van der Waals surface area contributed by atoms with Crippen molar-refractivity contribution < 1.29 is 9.72 Å². The van der Waals surface area contributed by atoms with Crippen LogP contribution in [0.25, 0.3) is 0 Å². The summed E-state index contributed by atoms with van der Waals surface area (Å²) in [7, 11) is 0. The van der Waals surface area contributed by atoms with Gasteiger partial charge in [0.1, 0.15) is 17.6 Å². The maximum Gasteiger partial charge on any atom is 0.300 e. The highest BCUT2D eigenvalue weighted by Gasteiger charge is 2.22. The third kappa shape index (κ3) is 3.31. The lowest BCUT2D eigenvalue weighted by atomic mass is 10.2. The van der Waals surface area contributed by atoms with E-state index in [1.165, 1.54) is 17.4 Å². The number of anilines is 2. The topological polar surface area (TPSA) is 124 Å². The number of thiazole rings is 1. The molecular weight excluding hydrogens is 294 g/mol. The zero-order chi connectivity index (χ0) is 15.6.